The van der Waals surface area contributed by atoms with E-state index in [4.69, 9.17) is 0 Å². The summed E-state index contributed by atoms with van der Waals surface area (Å²) in [5.74, 6) is 0.0721. The van der Waals surface area contributed by atoms with Crippen LogP contribution in [0.15, 0.2) is 36.7 Å². The predicted molar refractivity (Wildman–Crippen MR) is 96.3 cm³/mol. The number of nitrogens with one attached hydrogen (secondary N) is 1. The summed E-state index contributed by atoms with van der Waals surface area (Å²) in [5, 5.41) is 6.91. The molecule has 7 nitrogen and oxygen atoms in total. The average molecular weight is 390 g/mol. The lowest BCUT2D eigenvalue weighted by atomic mass is 10.2. The Morgan fingerprint density at radius 1 is 1.29 bits per heavy atom. The van der Waals surface area contributed by atoms with Gasteiger partial charge in [-0.2, -0.15) is 18.3 Å². The van der Waals surface area contributed by atoms with Crippen LogP contribution in [0.1, 0.15) is 28.9 Å². The molecule has 1 fully saturated rings. The molecule has 1 saturated heterocycles. The Labute approximate surface area is 158 Å². The predicted octanol–water partition coefficient (Wildman–Crippen LogP) is 3.22. The fourth-order valence-corrected chi connectivity index (χ4v) is 3.45. The van der Waals surface area contributed by atoms with Crippen molar-refractivity contribution < 1.29 is 18.0 Å². The molecule has 3 aromatic heterocycles. The van der Waals surface area contributed by atoms with E-state index in [1.54, 1.807) is 31.3 Å². The molecule has 0 spiro atoms. The summed E-state index contributed by atoms with van der Waals surface area (Å²) in [6.45, 7) is 1.91. The summed E-state index contributed by atoms with van der Waals surface area (Å²) >= 11 is 0. The number of nitrogens with zero attached hydrogens (tertiary/aromatic N) is 5. The zero-order valence-electron chi connectivity index (χ0n) is 14.9. The molecular formula is C18H17F3N6O. The molecule has 0 bridgehead atoms. The van der Waals surface area contributed by atoms with E-state index < -0.39 is 18.1 Å². The standard InChI is InChI=1S/C18H17F3N6O/c1-11-15(17(28)23-13-6-2-3-8-22-13)16-24-14(7-10-27(16)25-11)26-9-4-5-12(26)18(19,20)21/h2-3,6-8,10,12H,4-5,9H2,1H3,(H,22,23,28)/t12-/m0/s1. The highest BCUT2D eigenvalue weighted by Crippen LogP contribution is 2.35. The molecule has 0 aliphatic carbocycles. The lowest BCUT2D eigenvalue weighted by Gasteiger charge is -2.27. The molecule has 1 N–H and O–H groups in total. The molecule has 4 heterocycles. The van der Waals surface area contributed by atoms with Crippen LogP contribution in [-0.4, -0.2) is 44.3 Å². The Kier molecular flexibility index (Phi) is 4.40. The van der Waals surface area contributed by atoms with Crippen molar-refractivity contribution in [1.29, 1.82) is 0 Å². The Balaban J connectivity index is 1.71. The third-order valence-corrected chi connectivity index (χ3v) is 4.70. The number of rotatable bonds is 3. The molecule has 10 heteroatoms. The van der Waals surface area contributed by atoms with Gasteiger partial charge in [0.05, 0.1) is 5.69 Å². The Hall–Kier alpha value is -3.17. The van der Waals surface area contributed by atoms with Crippen molar-refractivity contribution >= 4 is 23.2 Å². The molecule has 0 saturated carbocycles. The van der Waals surface area contributed by atoms with Gasteiger partial charge in [0, 0.05) is 18.9 Å². The van der Waals surface area contributed by atoms with Gasteiger partial charge in [0.2, 0.25) is 0 Å². The number of hydrogen-bond donors (Lipinski definition) is 1. The van der Waals surface area contributed by atoms with Gasteiger partial charge < -0.3 is 10.2 Å². The molecule has 3 aromatic rings. The highest BCUT2D eigenvalue weighted by atomic mass is 19.4. The van der Waals surface area contributed by atoms with E-state index in [9.17, 15) is 18.0 Å². The number of alkyl halides is 3. The normalized spacial score (nSPS) is 17.3. The zero-order valence-corrected chi connectivity index (χ0v) is 14.9. The van der Waals surface area contributed by atoms with Crippen LogP contribution in [0.5, 0.6) is 0 Å². The van der Waals surface area contributed by atoms with Gasteiger partial charge >= 0.3 is 6.18 Å². The summed E-state index contributed by atoms with van der Waals surface area (Å²) in [6, 6.07) is 5.00. The number of hydrogen-bond acceptors (Lipinski definition) is 5. The highest BCUT2D eigenvalue weighted by Gasteiger charge is 2.46. The van der Waals surface area contributed by atoms with E-state index in [0.717, 1.165) is 0 Å². The minimum atomic E-state index is -4.33. The van der Waals surface area contributed by atoms with Crippen molar-refractivity contribution in [2.24, 2.45) is 0 Å². The van der Waals surface area contributed by atoms with Crippen LogP contribution in [0, 0.1) is 6.92 Å². The van der Waals surface area contributed by atoms with Crippen molar-refractivity contribution in [3.8, 4) is 0 Å². The first-order valence-corrected chi connectivity index (χ1v) is 8.76. The molecule has 0 aromatic carbocycles. The lowest BCUT2D eigenvalue weighted by Crippen LogP contribution is -2.41. The SMILES string of the molecule is Cc1nn2ccc(N3CCC[C@H]3C(F)(F)F)nc2c1C(=O)Nc1ccccn1. The van der Waals surface area contributed by atoms with Gasteiger partial charge in [0.15, 0.2) is 5.65 Å². The summed E-state index contributed by atoms with van der Waals surface area (Å²) in [4.78, 5) is 22.4. The van der Waals surface area contributed by atoms with Crippen LogP contribution in [0.25, 0.3) is 5.65 Å². The Morgan fingerprint density at radius 3 is 2.82 bits per heavy atom. The number of pyridine rings is 1. The average Bonchev–Trinajstić information content (AvgIpc) is 3.25. The number of aromatic nitrogens is 4. The van der Waals surface area contributed by atoms with Crippen LogP contribution in [0.3, 0.4) is 0 Å². The van der Waals surface area contributed by atoms with Crippen LogP contribution >= 0.6 is 0 Å². The fraction of sp³-hybridized carbons (Fsp3) is 0.333. The van der Waals surface area contributed by atoms with Gasteiger partial charge in [-0.05, 0) is 38.0 Å². The quantitative estimate of drug-likeness (QED) is 0.743. The summed E-state index contributed by atoms with van der Waals surface area (Å²) in [5.41, 5.74) is 0.832. The van der Waals surface area contributed by atoms with Crippen molar-refractivity contribution in [2.75, 3.05) is 16.8 Å². The van der Waals surface area contributed by atoms with Gasteiger partial charge in [-0.25, -0.2) is 14.5 Å². The Morgan fingerprint density at radius 2 is 2.11 bits per heavy atom. The van der Waals surface area contributed by atoms with Crippen LogP contribution in [0.4, 0.5) is 24.8 Å². The van der Waals surface area contributed by atoms with Crippen molar-refractivity contribution in [3.63, 3.8) is 0 Å². The number of aryl methyl sites for hydroxylation is 1. The molecular weight excluding hydrogens is 373 g/mol. The van der Waals surface area contributed by atoms with Gasteiger partial charge in [-0.3, -0.25) is 4.79 Å². The molecule has 0 radical (unpaired) electrons. The first-order valence-electron chi connectivity index (χ1n) is 8.76. The Bertz CT molecular complexity index is 1020. The second-order valence-corrected chi connectivity index (χ2v) is 6.58. The topological polar surface area (TPSA) is 75.4 Å². The second kappa shape index (κ2) is 6.77. The summed E-state index contributed by atoms with van der Waals surface area (Å²) < 4.78 is 41.3. The van der Waals surface area contributed by atoms with Crippen molar-refractivity contribution in [1.82, 2.24) is 19.6 Å². The van der Waals surface area contributed by atoms with E-state index in [0.29, 0.717) is 17.9 Å². The molecule has 1 aliphatic rings. The smallest absolute Gasteiger partial charge is 0.344 e. The fourth-order valence-electron chi connectivity index (χ4n) is 3.45. The molecule has 1 atom stereocenters. The lowest BCUT2D eigenvalue weighted by molar-refractivity contribution is -0.146. The third kappa shape index (κ3) is 3.25. The maximum absolute atomic E-state index is 13.3. The van der Waals surface area contributed by atoms with Crippen LogP contribution in [0.2, 0.25) is 0 Å². The van der Waals surface area contributed by atoms with E-state index >= 15 is 0 Å². The minimum absolute atomic E-state index is 0.0294. The first-order chi connectivity index (χ1) is 13.3. The largest absolute Gasteiger partial charge is 0.408 e. The van der Waals surface area contributed by atoms with E-state index in [2.05, 4.69) is 20.4 Å². The molecule has 28 heavy (non-hydrogen) atoms. The van der Waals surface area contributed by atoms with Gasteiger partial charge in [-0.1, -0.05) is 6.07 Å². The molecule has 146 valence electrons. The number of anilines is 2. The van der Waals surface area contributed by atoms with Gasteiger partial charge in [0.25, 0.3) is 5.91 Å². The van der Waals surface area contributed by atoms with Gasteiger partial charge in [-0.15, -0.1) is 0 Å². The number of carbonyl (C=O) groups excluding carboxylic acids is 1. The summed E-state index contributed by atoms with van der Waals surface area (Å²) in [7, 11) is 0. The second-order valence-electron chi connectivity index (χ2n) is 6.58. The monoisotopic (exact) mass is 390 g/mol. The maximum atomic E-state index is 13.3. The molecule has 0 unspecified atom stereocenters. The zero-order chi connectivity index (χ0) is 19.9. The summed E-state index contributed by atoms with van der Waals surface area (Å²) in [6.07, 6.45) is -0.808. The van der Waals surface area contributed by atoms with Crippen molar-refractivity contribution in [2.45, 2.75) is 32.0 Å². The molecule has 1 amide bonds. The molecule has 1 aliphatic heterocycles. The highest BCUT2D eigenvalue weighted by molar-refractivity contribution is 6.08. The van der Waals surface area contributed by atoms with E-state index in [-0.39, 0.29) is 30.0 Å². The van der Waals surface area contributed by atoms with E-state index in [1.165, 1.54) is 21.7 Å². The first kappa shape index (κ1) is 18.2. The number of carbonyl (C=O) groups is 1. The number of halogens is 3. The number of fused-ring (bicyclic) bond motifs is 1. The van der Waals surface area contributed by atoms with Gasteiger partial charge in [0.1, 0.15) is 23.2 Å². The van der Waals surface area contributed by atoms with Crippen LogP contribution in [-0.2, 0) is 0 Å². The minimum Gasteiger partial charge on any atom is -0.344 e. The van der Waals surface area contributed by atoms with Crippen LogP contribution < -0.4 is 10.2 Å². The number of amides is 1. The maximum Gasteiger partial charge on any atom is 0.408 e. The third-order valence-electron chi connectivity index (χ3n) is 4.70. The molecule has 4 rings (SSSR count). The van der Waals surface area contributed by atoms with Crippen molar-refractivity contribution in [3.05, 3.63) is 47.9 Å². The van der Waals surface area contributed by atoms with E-state index in [1.807, 2.05) is 0 Å².